The van der Waals surface area contributed by atoms with Crippen LogP contribution in [-0.2, 0) is 20.1 Å². The van der Waals surface area contributed by atoms with Crippen molar-refractivity contribution in [3.05, 3.63) is 145 Å². The molecule has 0 unspecified atom stereocenters. The second-order valence-electron chi connectivity index (χ2n) is 10.8. The fourth-order valence-electron chi connectivity index (χ4n) is 5.33. The van der Waals surface area contributed by atoms with Gasteiger partial charge in [-0.1, -0.05) is 67.3 Å². The van der Waals surface area contributed by atoms with Gasteiger partial charge in [0, 0.05) is 44.4 Å². The molecule has 0 spiro atoms. The number of nitrogens with zero attached hydrogens (tertiary/aromatic N) is 4. The van der Waals surface area contributed by atoms with Crippen LogP contribution >= 0.6 is 0 Å². The molecular formula is C39H30IrN4O-2. The largest absolute Gasteiger partial charge is 0.501 e. The number of fused-ring (bicyclic) bond motifs is 4. The summed E-state index contributed by atoms with van der Waals surface area (Å²) < 4.78 is 16.9. The second-order valence-corrected chi connectivity index (χ2v) is 10.8. The molecule has 0 atom stereocenters. The van der Waals surface area contributed by atoms with E-state index in [-0.39, 0.29) is 20.1 Å². The first-order valence-corrected chi connectivity index (χ1v) is 14.5. The number of pyridine rings is 2. The van der Waals surface area contributed by atoms with Gasteiger partial charge >= 0.3 is 0 Å². The molecular weight excluding hydrogens is 733 g/mol. The molecule has 0 aliphatic carbocycles. The third-order valence-electron chi connectivity index (χ3n) is 7.54. The van der Waals surface area contributed by atoms with E-state index in [1.807, 2.05) is 124 Å². The van der Waals surface area contributed by atoms with Crippen LogP contribution in [0.4, 0.5) is 0 Å². The Morgan fingerprint density at radius 1 is 0.800 bits per heavy atom. The van der Waals surface area contributed by atoms with Gasteiger partial charge in [0.2, 0.25) is 0 Å². The summed E-state index contributed by atoms with van der Waals surface area (Å²) in [6.45, 7) is 5.75. The monoisotopic (exact) mass is 764 g/mol. The van der Waals surface area contributed by atoms with E-state index in [0.717, 1.165) is 72.7 Å². The van der Waals surface area contributed by atoms with E-state index in [0.29, 0.717) is 0 Å². The van der Waals surface area contributed by atoms with Crippen LogP contribution in [0.2, 0.25) is 0 Å². The number of furan rings is 1. The Bertz CT molecular complexity index is 2220. The van der Waals surface area contributed by atoms with Crippen molar-refractivity contribution in [2.24, 2.45) is 0 Å². The number of hydrogen-bond acceptors (Lipinski definition) is 4. The Balaban J connectivity index is 0.000000241. The maximum atomic E-state index is 8.39. The van der Waals surface area contributed by atoms with E-state index >= 15 is 0 Å². The Morgan fingerprint density at radius 3 is 2.38 bits per heavy atom. The molecule has 0 aliphatic rings. The first-order valence-electron chi connectivity index (χ1n) is 15.0. The van der Waals surface area contributed by atoms with Crippen molar-refractivity contribution in [3.8, 4) is 28.3 Å². The quantitative estimate of drug-likeness (QED) is 0.168. The van der Waals surface area contributed by atoms with Crippen LogP contribution in [0.3, 0.4) is 0 Å². The number of para-hydroxylation sites is 1. The molecule has 0 saturated heterocycles. The SMILES string of the molecule is [2H]C(C)(C)c1ccc2c(c1)oc1c(-c3nc4ccc(C)nc4n3-c3ccccc3)[c-]ccc12.[Ir].[c-]1ccccc1-c1ccccn1. The zero-order valence-electron chi connectivity index (χ0n) is 26.1. The van der Waals surface area contributed by atoms with Crippen molar-refractivity contribution in [2.45, 2.75) is 26.7 Å². The minimum atomic E-state index is -0.701. The van der Waals surface area contributed by atoms with Crippen molar-refractivity contribution in [1.82, 2.24) is 19.5 Å². The molecule has 8 rings (SSSR count). The predicted octanol–water partition coefficient (Wildman–Crippen LogP) is 9.77. The number of aromatic nitrogens is 4. The van der Waals surface area contributed by atoms with Crippen molar-refractivity contribution in [2.75, 3.05) is 0 Å². The van der Waals surface area contributed by atoms with Crippen LogP contribution in [0.25, 0.3) is 61.4 Å². The predicted molar refractivity (Wildman–Crippen MR) is 178 cm³/mol. The summed E-state index contributed by atoms with van der Waals surface area (Å²) in [5.74, 6) is 0.0347. The van der Waals surface area contributed by atoms with E-state index in [1.54, 1.807) is 6.20 Å². The van der Waals surface area contributed by atoms with Gasteiger partial charge in [-0.15, -0.1) is 54.1 Å². The third-order valence-corrected chi connectivity index (χ3v) is 7.54. The van der Waals surface area contributed by atoms with Gasteiger partial charge in [-0.2, -0.15) is 0 Å². The topological polar surface area (TPSA) is 56.7 Å². The van der Waals surface area contributed by atoms with Crippen molar-refractivity contribution in [3.63, 3.8) is 0 Å². The van der Waals surface area contributed by atoms with Gasteiger partial charge in [-0.05, 0) is 60.5 Å². The molecule has 0 saturated carbocycles. The maximum Gasteiger partial charge on any atom is 0.155 e. The van der Waals surface area contributed by atoms with Gasteiger partial charge in [0.1, 0.15) is 5.58 Å². The minimum Gasteiger partial charge on any atom is -0.501 e. The molecule has 45 heavy (non-hydrogen) atoms. The standard InChI is InChI=1S/C28H22N3O.C11H8N.Ir/c1-17(2)19-13-14-21-22-10-7-11-23(26(22)32-25(21)16-19)27-30-24-15-12-18(3)29-28(24)31(27)20-8-5-4-6-9-20;1-2-6-10(7-3-1)11-8-4-5-9-12-11;/h4-10,12-17H,1-3H3;1-6,8-9H;/q2*-1;/i17D;;. The first kappa shape index (κ1) is 28.8. The molecule has 4 aromatic carbocycles. The summed E-state index contributed by atoms with van der Waals surface area (Å²) in [5.41, 5.74) is 8.74. The van der Waals surface area contributed by atoms with Crippen LogP contribution in [0, 0.1) is 19.1 Å². The van der Waals surface area contributed by atoms with Gasteiger partial charge in [-0.3, -0.25) is 4.98 Å². The number of hydrogen-bond donors (Lipinski definition) is 0. The molecule has 0 aliphatic heterocycles. The Hall–Kier alpha value is -4.90. The summed E-state index contributed by atoms with van der Waals surface area (Å²) in [5, 5.41) is 2.02. The second kappa shape index (κ2) is 13.0. The minimum absolute atomic E-state index is 0. The average Bonchev–Trinajstić information content (AvgIpc) is 3.64. The summed E-state index contributed by atoms with van der Waals surface area (Å²) in [6.07, 6.45) is 1.79. The van der Waals surface area contributed by atoms with E-state index in [1.165, 1.54) is 0 Å². The van der Waals surface area contributed by atoms with Crippen molar-refractivity contribution in [1.29, 1.82) is 0 Å². The zero-order chi connectivity index (χ0) is 31.0. The van der Waals surface area contributed by atoms with Crippen molar-refractivity contribution >= 4 is 33.1 Å². The van der Waals surface area contributed by atoms with Crippen LogP contribution in [0.15, 0.2) is 126 Å². The third kappa shape index (κ3) is 5.95. The normalized spacial score (nSPS) is 11.6. The fourth-order valence-corrected chi connectivity index (χ4v) is 5.33. The Labute approximate surface area is 277 Å². The number of aryl methyl sites for hydroxylation is 1. The summed E-state index contributed by atoms with van der Waals surface area (Å²) in [4.78, 5) is 14.0. The molecule has 5 nitrogen and oxygen atoms in total. The molecule has 0 bridgehead atoms. The summed E-state index contributed by atoms with van der Waals surface area (Å²) in [6, 6.07) is 44.3. The van der Waals surface area contributed by atoms with E-state index in [4.69, 9.17) is 15.8 Å². The fraction of sp³-hybridized carbons (Fsp3) is 0.103. The molecule has 1 radical (unpaired) electrons. The zero-order valence-corrected chi connectivity index (χ0v) is 27.5. The van der Waals surface area contributed by atoms with Gasteiger partial charge in [-0.25, -0.2) is 4.98 Å². The Kier molecular flexibility index (Phi) is 8.33. The summed E-state index contributed by atoms with van der Waals surface area (Å²) >= 11 is 0. The summed E-state index contributed by atoms with van der Waals surface area (Å²) in [7, 11) is 0. The van der Waals surface area contributed by atoms with Gasteiger partial charge in [0.05, 0.1) is 16.9 Å². The van der Waals surface area contributed by atoms with Crippen LogP contribution < -0.4 is 0 Å². The van der Waals surface area contributed by atoms with Crippen LogP contribution in [0.1, 0.15) is 32.4 Å². The molecule has 0 amide bonds. The average molecular weight is 764 g/mol. The maximum absolute atomic E-state index is 8.39. The molecule has 0 fully saturated rings. The Morgan fingerprint density at radius 2 is 1.62 bits per heavy atom. The molecule has 223 valence electrons. The van der Waals surface area contributed by atoms with E-state index < -0.39 is 5.89 Å². The smallest absolute Gasteiger partial charge is 0.155 e. The molecule has 4 aromatic heterocycles. The molecule has 4 heterocycles. The van der Waals surface area contributed by atoms with Gasteiger partial charge in [0.25, 0.3) is 0 Å². The molecule has 8 aromatic rings. The van der Waals surface area contributed by atoms with E-state index in [9.17, 15) is 0 Å². The van der Waals surface area contributed by atoms with Gasteiger partial charge in [0.15, 0.2) is 5.65 Å². The first-order chi connectivity index (χ1) is 21.9. The van der Waals surface area contributed by atoms with Crippen LogP contribution in [-0.4, -0.2) is 19.5 Å². The van der Waals surface area contributed by atoms with Gasteiger partial charge < -0.3 is 14.0 Å². The number of imidazole rings is 1. The molecule has 6 heteroatoms. The molecule has 0 N–H and O–H groups in total. The van der Waals surface area contributed by atoms with E-state index in [2.05, 4.69) is 33.8 Å². The number of rotatable bonds is 4. The van der Waals surface area contributed by atoms with Crippen LogP contribution in [0.5, 0.6) is 0 Å². The van der Waals surface area contributed by atoms with Crippen molar-refractivity contribution < 1.29 is 25.9 Å². The number of benzene rings is 4.